The molecule has 0 saturated carbocycles. The Morgan fingerprint density at radius 1 is 0.384 bits per heavy atom. The van der Waals surface area contributed by atoms with E-state index in [9.17, 15) is 19.2 Å². The normalized spacial score (nSPS) is 11.3. The maximum atomic E-state index is 12.7. The number of ether oxygens (including phenoxy) is 1. The molecule has 0 bridgehead atoms. The predicted molar refractivity (Wildman–Crippen MR) is 343 cm³/mol. The summed E-state index contributed by atoms with van der Waals surface area (Å²) < 4.78 is 13.8. The summed E-state index contributed by atoms with van der Waals surface area (Å²) >= 11 is 16.4. The molecule has 16 rings (SSSR count). The molecule has 0 saturated heterocycles. The van der Waals surface area contributed by atoms with Crippen LogP contribution in [0.5, 0.6) is 5.88 Å². The number of pyridine rings is 8. The first-order valence-electron chi connectivity index (χ1n) is 25.9. The fraction of sp³-hybridized carbons (Fsp3) is 0.0164. The number of benzene rings is 4. The van der Waals surface area contributed by atoms with Gasteiger partial charge in [-0.05, 0) is 115 Å². The quantitative estimate of drug-likeness (QED) is 0.125. The van der Waals surface area contributed by atoms with E-state index in [4.69, 9.17) is 16.3 Å². The largest absolute Gasteiger partial charge is 0.481 e. The van der Waals surface area contributed by atoms with E-state index in [0.717, 1.165) is 79.3 Å². The third-order valence-electron chi connectivity index (χ3n) is 13.8. The maximum Gasteiger partial charge on any atom is 0.282 e. The third-order valence-corrected chi connectivity index (χ3v) is 15.6. The fourth-order valence-electron chi connectivity index (χ4n) is 9.75. The van der Waals surface area contributed by atoms with Gasteiger partial charge in [0.05, 0.1) is 96.0 Å². The van der Waals surface area contributed by atoms with Gasteiger partial charge >= 0.3 is 0 Å². The summed E-state index contributed by atoms with van der Waals surface area (Å²) in [6.45, 7) is 0. The van der Waals surface area contributed by atoms with E-state index in [2.05, 4.69) is 108 Å². The van der Waals surface area contributed by atoms with Crippen LogP contribution in [0.4, 0.5) is 0 Å². The molecule has 0 spiro atoms. The van der Waals surface area contributed by atoms with Crippen molar-refractivity contribution in [3.8, 4) is 28.8 Å². The number of hydrogen-bond donors (Lipinski definition) is 4. The molecular formula is C61H38Br3ClN16O5. The van der Waals surface area contributed by atoms with Gasteiger partial charge < -0.3 is 4.74 Å². The van der Waals surface area contributed by atoms with Crippen molar-refractivity contribution in [2.24, 2.45) is 0 Å². The highest BCUT2D eigenvalue weighted by atomic mass is 79.9. The van der Waals surface area contributed by atoms with Crippen molar-refractivity contribution in [1.82, 2.24) is 79.0 Å². The number of hydrogen-bond acceptors (Lipinski definition) is 13. The van der Waals surface area contributed by atoms with E-state index in [0.29, 0.717) is 55.2 Å². The lowest BCUT2D eigenvalue weighted by atomic mass is 10.2. The van der Waals surface area contributed by atoms with Crippen molar-refractivity contribution in [1.29, 1.82) is 0 Å². The second-order valence-corrected chi connectivity index (χ2v) is 22.2. The first-order chi connectivity index (χ1) is 41.9. The van der Waals surface area contributed by atoms with E-state index in [-0.39, 0.29) is 22.2 Å². The van der Waals surface area contributed by atoms with Gasteiger partial charge in [-0.2, -0.15) is 0 Å². The third kappa shape index (κ3) is 10.4. The second-order valence-electron chi connectivity index (χ2n) is 19.0. The molecule has 12 aromatic heterocycles. The van der Waals surface area contributed by atoms with Gasteiger partial charge in [0.2, 0.25) is 5.88 Å². The van der Waals surface area contributed by atoms with Gasteiger partial charge in [0.1, 0.15) is 0 Å². The molecule has 16 aromatic rings. The van der Waals surface area contributed by atoms with Gasteiger partial charge in [-0.3, -0.25) is 69.5 Å². The number of methoxy groups -OCH3 is 1. The number of rotatable bonds is 5. The zero-order valence-electron chi connectivity index (χ0n) is 44.3. The lowest BCUT2D eigenvalue weighted by Crippen LogP contribution is -2.15. The van der Waals surface area contributed by atoms with Crippen LogP contribution in [0.2, 0.25) is 5.02 Å². The zero-order chi connectivity index (χ0) is 59.2. The number of halogens is 4. The van der Waals surface area contributed by atoms with Gasteiger partial charge in [0, 0.05) is 102 Å². The van der Waals surface area contributed by atoms with Gasteiger partial charge in [-0.1, -0.05) is 65.5 Å². The second kappa shape index (κ2) is 23.1. The summed E-state index contributed by atoms with van der Waals surface area (Å²) in [5.74, 6) is 0.989. The Labute approximate surface area is 512 Å². The smallest absolute Gasteiger partial charge is 0.282 e. The summed E-state index contributed by atoms with van der Waals surface area (Å²) in [5.41, 5.74) is 7.77. The average molecular weight is 1350 g/mol. The van der Waals surface area contributed by atoms with Crippen LogP contribution >= 0.6 is 59.4 Å². The number of aromatic nitrogens is 16. The van der Waals surface area contributed by atoms with E-state index >= 15 is 0 Å². The Kier molecular flexibility index (Phi) is 14.7. The highest BCUT2D eigenvalue weighted by Crippen LogP contribution is 2.28. The standard InChI is InChI=1S/C16H11ClN4O2.3C15H9BrN4O/c1-23-14-7-10(4-5-18-14)21-16(22)12-8-19-13-3-2-9(17)6-11(13)15(12)20-21;16-9-1-2-11-13(7-9)18-8-12-14(11)19-20(15(12)21)10-3-5-17-6-4-10;16-9-3-4-11-13(6-9)18-8-12-14(11)19-20(15(12)21)10-2-1-5-17-7-10;16-9-4-5-10-12(7-9)18-8-11-14(10)19-20(15(11)21)13-3-1-2-6-17-13/h2-8,20H,1H3;3*1-8,19H. The molecule has 12 heterocycles. The topological polar surface area (TPSA) is 264 Å². The molecule has 0 aliphatic carbocycles. The maximum absolute atomic E-state index is 12.7. The van der Waals surface area contributed by atoms with Crippen molar-refractivity contribution in [3.63, 3.8) is 0 Å². The molecule has 420 valence electrons. The lowest BCUT2D eigenvalue weighted by molar-refractivity contribution is 0.397. The number of nitrogens with one attached hydrogen (secondary N) is 4. The van der Waals surface area contributed by atoms with Crippen LogP contribution < -0.4 is 27.0 Å². The minimum Gasteiger partial charge on any atom is -0.481 e. The fourth-order valence-corrected chi connectivity index (χ4v) is 11.0. The number of H-pyrrole nitrogens is 4. The van der Waals surface area contributed by atoms with Crippen molar-refractivity contribution in [3.05, 3.63) is 249 Å². The van der Waals surface area contributed by atoms with Crippen LogP contribution in [0.1, 0.15) is 0 Å². The molecule has 0 aliphatic heterocycles. The van der Waals surface area contributed by atoms with E-state index < -0.39 is 0 Å². The van der Waals surface area contributed by atoms with Crippen molar-refractivity contribution in [2.75, 3.05) is 7.11 Å². The molecule has 0 radical (unpaired) electrons. The Balaban J connectivity index is 0.000000106. The Morgan fingerprint density at radius 3 is 1.38 bits per heavy atom. The highest BCUT2D eigenvalue weighted by molar-refractivity contribution is 9.11. The Morgan fingerprint density at radius 2 is 0.872 bits per heavy atom. The van der Waals surface area contributed by atoms with Crippen LogP contribution in [0.15, 0.2) is 222 Å². The predicted octanol–water partition coefficient (Wildman–Crippen LogP) is 12.0. The minimum absolute atomic E-state index is 0.117. The molecule has 0 amide bonds. The van der Waals surface area contributed by atoms with Crippen molar-refractivity contribution in [2.45, 2.75) is 0 Å². The van der Waals surface area contributed by atoms with Crippen LogP contribution in [-0.4, -0.2) is 86.1 Å². The van der Waals surface area contributed by atoms with Crippen LogP contribution in [-0.2, 0) is 0 Å². The van der Waals surface area contributed by atoms with Crippen molar-refractivity contribution < 1.29 is 4.74 Å². The monoisotopic (exact) mass is 1350 g/mol. The Bertz CT molecular complexity index is 5130. The lowest BCUT2D eigenvalue weighted by Gasteiger charge is -2.03. The summed E-state index contributed by atoms with van der Waals surface area (Å²) in [4.78, 5) is 83.8. The molecule has 0 fully saturated rings. The minimum atomic E-state index is -0.192. The van der Waals surface area contributed by atoms with Gasteiger partial charge in [0.15, 0.2) is 5.82 Å². The summed E-state index contributed by atoms with van der Waals surface area (Å²) in [5, 5.41) is 18.9. The highest BCUT2D eigenvalue weighted by Gasteiger charge is 2.17. The average Bonchev–Trinajstić information content (AvgIpc) is 2.90. The van der Waals surface area contributed by atoms with Crippen LogP contribution in [0.25, 0.3) is 110 Å². The first kappa shape index (κ1) is 54.9. The first-order valence-corrected chi connectivity index (χ1v) is 28.6. The molecule has 25 heteroatoms. The summed E-state index contributed by atoms with van der Waals surface area (Å²) in [6.07, 6.45) is 16.2. The van der Waals surface area contributed by atoms with Gasteiger partial charge in [-0.25, -0.2) is 28.7 Å². The summed E-state index contributed by atoms with van der Waals surface area (Å²) in [7, 11) is 1.53. The van der Waals surface area contributed by atoms with E-state index in [1.807, 2.05) is 78.9 Å². The SMILES string of the molecule is COc1cc(-n2[nH]c3c(cnc4ccc(Cl)cc43)c2=O)ccn1.O=c1c2cnc3cc(Br)ccc3c2[nH]n1-c1ccccn1.O=c1c2cnc3cc(Br)ccc3c2[nH]n1-c1cccnc1.O=c1c2cnc3cc(Br)ccc3c2[nH]n1-c1ccncc1. The number of fused-ring (bicyclic) bond motifs is 12. The van der Waals surface area contributed by atoms with E-state index in [1.54, 1.807) is 110 Å². The molecule has 0 unspecified atom stereocenters. The molecule has 4 aromatic carbocycles. The summed E-state index contributed by atoms with van der Waals surface area (Å²) in [6, 6.07) is 38.8. The van der Waals surface area contributed by atoms with E-state index in [1.165, 1.54) is 25.8 Å². The zero-order valence-corrected chi connectivity index (χ0v) is 49.8. The molecule has 0 aliphatic rings. The van der Waals surface area contributed by atoms with Crippen molar-refractivity contribution >= 4 is 147 Å². The molecule has 21 nitrogen and oxygen atoms in total. The molecule has 86 heavy (non-hydrogen) atoms. The molecular weight excluding hydrogens is 1310 g/mol. The number of aromatic amines is 4. The molecule has 0 atom stereocenters. The van der Waals surface area contributed by atoms with Crippen LogP contribution in [0.3, 0.4) is 0 Å². The number of nitrogens with zero attached hydrogens (tertiary/aromatic N) is 12. The van der Waals surface area contributed by atoms with Crippen LogP contribution in [0, 0.1) is 0 Å². The van der Waals surface area contributed by atoms with Gasteiger partial charge in [-0.15, -0.1) is 0 Å². The Hall–Kier alpha value is -10.3. The van der Waals surface area contributed by atoms with Gasteiger partial charge in [0.25, 0.3) is 22.2 Å². The molecule has 4 N–H and O–H groups in total.